The number of benzene rings is 1. The Kier molecular flexibility index (Phi) is 5.88. The van der Waals surface area contributed by atoms with Crippen LogP contribution in [0.2, 0.25) is 0 Å². The van der Waals surface area contributed by atoms with Crippen LogP contribution in [-0.4, -0.2) is 48.4 Å². The van der Waals surface area contributed by atoms with E-state index in [9.17, 15) is 23.2 Å². The zero-order valence-corrected chi connectivity index (χ0v) is 19.1. The number of ketones is 1. The minimum atomic E-state index is -4.02. The van der Waals surface area contributed by atoms with E-state index in [-0.39, 0.29) is 23.2 Å². The molecule has 9 nitrogen and oxygen atoms in total. The Morgan fingerprint density at radius 3 is 2.85 bits per heavy atom. The fourth-order valence-corrected chi connectivity index (χ4v) is 6.60. The van der Waals surface area contributed by atoms with E-state index in [2.05, 4.69) is 5.32 Å². The fourth-order valence-electron chi connectivity index (χ4n) is 4.99. The number of amides is 1. The van der Waals surface area contributed by atoms with Crippen molar-refractivity contribution in [2.24, 2.45) is 5.92 Å². The summed E-state index contributed by atoms with van der Waals surface area (Å²) in [6.07, 6.45) is 11.7. The van der Waals surface area contributed by atoms with Gasteiger partial charge in [0.25, 0.3) is 5.91 Å². The molecule has 1 fully saturated rings. The third-order valence-corrected chi connectivity index (χ3v) is 8.57. The van der Waals surface area contributed by atoms with Crippen molar-refractivity contribution in [2.75, 3.05) is 6.54 Å². The van der Waals surface area contributed by atoms with E-state index in [0.717, 1.165) is 21.0 Å². The van der Waals surface area contributed by atoms with Gasteiger partial charge in [0.2, 0.25) is 10.0 Å². The lowest BCUT2D eigenvalue weighted by atomic mass is 9.80. The molecule has 178 valence electrons. The smallest absolute Gasteiger partial charge is 0.262 e. The molecule has 0 radical (unpaired) electrons. The van der Waals surface area contributed by atoms with Gasteiger partial charge in [-0.05, 0) is 55.2 Å². The molecule has 3 N–H and O–H groups in total. The highest BCUT2D eigenvalue weighted by molar-refractivity contribution is 7.93. The number of carbonyl (C=O) groups excluding carboxylic acids is 2. The van der Waals surface area contributed by atoms with Gasteiger partial charge in [0.05, 0.1) is 4.91 Å². The maximum Gasteiger partial charge on any atom is 0.262 e. The number of aryl methyl sites for hydroxylation is 1. The third kappa shape index (κ3) is 3.97. The van der Waals surface area contributed by atoms with Crippen LogP contribution < -0.4 is 15.5 Å². The van der Waals surface area contributed by atoms with Crippen LogP contribution in [0.15, 0.2) is 65.3 Å². The number of hydrogen-bond donors (Lipinski definition) is 3. The molecule has 1 aromatic carbocycles. The molecular formula is C24H25N3O6S. The number of ether oxygens (including phenoxy) is 1. The predicted molar refractivity (Wildman–Crippen MR) is 123 cm³/mol. The van der Waals surface area contributed by atoms with Crippen molar-refractivity contribution in [1.29, 1.82) is 0 Å². The molecule has 10 heteroatoms. The number of fused-ring (bicyclic) bond motifs is 2. The lowest BCUT2D eigenvalue weighted by molar-refractivity contribution is -0.135. The van der Waals surface area contributed by atoms with Crippen molar-refractivity contribution in [3.63, 3.8) is 0 Å². The third-order valence-electron chi connectivity index (χ3n) is 6.70. The molecular weight excluding hydrogens is 458 g/mol. The molecule has 2 aliphatic carbocycles. The van der Waals surface area contributed by atoms with Crippen molar-refractivity contribution in [3.8, 4) is 5.75 Å². The topological polar surface area (TPSA) is 125 Å². The molecule has 0 bridgehead atoms. The van der Waals surface area contributed by atoms with Crippen molar-refractivity contribution in [1.82, 2.24) is 15.1 Å². The van der Waals surface area contributed by atoms with Crippen molar-refractivity contribution < 1.29 is 28.0 Å². The first-order valence-corrected chi connectivity index (χ1v) is 12.6. The number of dihydropyridines is 1. The maximum atomic E-state index is 13.5. The van der Waals surface area contributed by atoms with Crippen LogP contribution in [0, 0.1) is 5.92 Å². The molecule has 0 aromatic heterocycles. The number of hydrogen-bond acceptors (Lipinski definition) is 7. The second-order valence-electron chi connectivity index (χ2n) is 8.65. The number of sulfonamides is 1. The van der Waals surface area contributed by atoms with Gasteiger partial charge in [-0.2, -0.15) is 4.31 Å². The summed E-state index contributed by atoms with van der Waals surface area (Å²) < 4.78 is 34.0. The minimum absolute atomic E-state index is 0.00132. The lowest BCUT2D eigenvalue weighted by Gasteiger charge is -2.41. The molecule has 2 aliphatic heterocycles. The first-order valence-electron chi connectivity index (χ1n) is 11.2. The summed E-state index contributed by atoms with van der Waals surface area (Å²) in [5, 5.41) is 12.2. The van der Waals surface area contributed by atoms with E-state index >= 15 is 0 Å². The summed E-state index contributed by atoms with van der Waals surface area (Å²) >= 11 is 0. The molecule has 1 saturated heterocycles. The number of rotatable bonds is 5. The Bertz CT molecular complexity index is 1260. The molecule has 3 atom stereocenters. The second-order valence-corrected chi connectivity index (χ2v) is 10.5. The van der Waals surface area contributed by atoms with Crippen LogP contribution in [0.25, 0.3) is 0 Å². The number of nitrogens with zero attached hydrogens (tertiary/aromatic N) is 1. The minimum Gasteiger partial charge on any atom is -0.467 e. The van der Waals surface area contributed by atoms with Gasteiger partial charge >= 0.3 is 0 Å². The van der Waals surface area contributed by atoms with Gasteiger partial charge in [-0.1, -0.05) is 23.8 Å². The molecule has 0 saturated carbocycles. The normalized spacial score (nSPS) is 26.1. The van der Waals surface area contributed by atoms with Crippen LogP contribution in [-0.2, 0) is 21.2 Å². The Labute approximate surface area is 197 Å². The summed E-state index contributed by atoms with van der Waals surface area (Å²) in [6.45, 7) is 0.134. The average Bonchev–Trinajstić information content (AvgIpc) is 3.23. The Hall–Kier alpha value is -3.21. The molecule has 4 aliphatic rings. The van der Waals surface area contributed by atoms with E-state index in [1.54, 1.807) is 23.7 Å². The van der Waals surface area contributed by atoms with Gasteiger partial charge in [-0.15, -0.1) is 0 Å². The lowest BCUT2D eigenvalue weighted by Crippen LogP contribution is -2.56. The Morgan fingerprint density at radius 1 is 1.24 bits per heavy atom. The first-order chi connectivity index (χ1) is 16.4. The molecule has 0 spiro atoms. The number of nitrogens with one attached hydrogen (secondary N) is 2. The van der Waals surface area contributed by atoms with Crippen LogP contribution in [0.1, 0.15) is 35.2 Å². The fraction of sp³-hybridized carbons (Fsp3) is 0.333. The monoisotopic (exact) mass is 483 g/mol. The van der Waals surface area contributed by atoms with Crippen LogP contribution >= 0.6 is 0 Å². The summed E-state index contributed by atoms with van der Waals surface area (Å²) in [5.41, 5.74) is 4.31. The largest absolute Gasteiger partial charge is 0.467 e. The summed E-state index contributed by atoms with van der Waals surface area (Å²) in [5.74, 6) is -0.368. The van der Waals surface area contributed by atoms with E-state index < -0.39 is 28.2 Å². The zero-order valence-electron chi connectivity index (χ0n) is 18.3. The van der Waals surface area contributed by atoms with Gasteiger partial charge in [0, 0.05) is 30.6 Å². The highest BCUT2D eigenvalue weighted by atomic mass is 32.2. The van der Waals surface area contributed by atoms with Crippen molar-refractivity contribution in [3.05, 3.63) is 76.4 Å². The van der Waals surface area contributed by atoms with Gasteiger partial charge in [-0.25, -0.2) is 13.9 Å². The number of carbonyl (C=O) groups is 2. The molecule has 5 rings (SSSR count). The summed E-state index contributed by atoms with van der Waals surface area (Å²) in [6, 6.07) is 4.27. The molecule has 1 amide bonds. The summed E-state index contributed by atoms with van der Waals surface area (Å²) in [7, 11) is -4.02. The number of allylic oxidation sites excluding steroid dienone is 4. The van der Waals surface area contributed by atoms with E-state index in [1.165, 1.54) is 12.3 Å². The predicted octanol–water partition coefficient (Wildman–Crippen LogP) is 1.93. The highest BCUT2D eigenvalue weighted by Crippen LogP contribution is 2.37. The SMILES string of the molecule is O=C1CCc2cc(OC3C=CC(S(=O)(=O)N4CCC5=CC=CCC5C4C(=O)NO)=CN3)ccc21. The van der Waals surface area contributed by atoms with Crippen LogP contribution in [0.4, 0.5) is 0 Å². The average molecular weight is 484 g/mol. The number of hydroxylamine groups is 1. The van der Waals surface area contributed by atoms with E-state index in [4.69, 9.17) is 4.74 Å². The zero-order chi connectivity index (χ0) is 23.9. The second kappa shape index (κ2) is 8.86. The Morgan fingerprint density at radius 2 is 2.09 bits per heavy atom. The molecule has 34 heavy (non-hydrogen) atoms. The summed E-state index contributed by atoms with van der Waals surface area (Å²) in [4.78, 5) is 24.3. The highest BCUT2D eigenvalue weighted by Gasteiger charge is 2.45. The van der Waals surface area contributed by atoms with Gasteiger partial charge in [0.1, 0.15) is 11.8 Å². The van der Waals surface area contributed by atoms with Gasteiger partial charge in [-0.3, -0.25) is 14.8 Å². The Balaban J connectivity index is 1.32. The van der Waals surface area contributed by atoms with Gasteiger partial charge < -0.3 is 10.1 Å². The van der Waals surface area contributed by atoms with Crippen molar-refractivity contribution >= 4 is 21.7 Å². The maximum absolute atomic E-state index is 13.5. The van der Waals surface area contributed by atoms with Gasteiger partial charge in [0.15, 0.2) is 12.0 Å². The van der Waals surface area contributed by atoms with E-state index in [1.807, 2.05) is 24.3 Å². The molecule has 1 aromatic rings. The molecule has 3 unspecified atom stereocenters. The number of Topliss-reactive ketones (excluding diaryl/α,β-unsaturated/α-hetero) is 1. The quantitative estimate of drug-likeness (QED) is 0.432. The van der Waals surface area contributed by atoms with Crippen molar-refractivity contribution in [2.45, 2.75) is 38.0 Å². The molecule has 2 heterocycles. The van der Waals surface area contributed by atoms with Crippen LogP contribution in [0.5, 0.6) is 5.75 Å². The van der Waals surface area contributed by atoms with E-state index in [0.29, 0.717) is 31.4 Å². The standard InChI is InChI=1S/C24H25N3O6S/c28-21-9-5-16-13-17(6-8-19(16)21)33-22-10-7-18(14-25-22)34(31,32)27-12-11-15-3-1-2-4-20(15)23(27)24(29)26-30/h1-3,6-8,10,13-14,20,22-23,25,30H,4-5,9,11-12H2,(H,26,29). The van der Waals surface area contributed by atoms with Crippen LogP contribution in [0.3, 0.4) is 0 Å². The number of piperidine rings is 1. The first kappa shape index (κ1) is 22.6.